The highest BCUT2D eigenvalue weighted by molar-refractivity contribution is 6.83. The van der Waals surface area contributed by atoms with E-state index in [1.807, 2.05) is 25.7 Å². The first-order valence-corrected chi connectivity index (χ1v) is 12.4. The van der Waals surface area contributed by atoms with Crippen LogP contribution in [0.1, 0.15) is 44.0 Å². The molecule has 2 heterocycles. The van der Waals surface area contributed by atoms with Crippen molar-refractivity contribution < 1.29 is 9.53 Å². The molecule has 1 aromatic rings. The predicted octanol–water partition coefficient (Wildman–Crippen LogP) is 5.08. The smallest absolute Gasteiger partial charge is 0.411 e. The van der Waals surface area contributed by atoms with Crippen LogP contribution in [-0.2, 0) is 4.74 Å². The first-order chi connectivity index (χ1) is 11.1. The number of carbonyl (C=O) groups excluding carboxylic acids is 1. The Bertz CT molecular complexity index is 741. The average molecular weight is 342 g/mol. The summed E-state index contributed by atoms with van der Waals surface area (Å²) in [6.45, 7) is 13.0. The number of hydrogen-bond donors (Lipinski definition) is 0. The Morgan fingerprint density at radius 1 is 1.08 bits per heavy atom. The van der Waals surface area contributed by atoms with Crippen LogP contribution in [0.25, 0.3) is 0 Å². The first-order valence-electron chi connectivity index (χ1n) is 8.92. The minimum atomic E-state index is -1.35. The Labute approximate surface area is 145 Å². The second-order valence-corrected chi connectivity index (χ2v) is 14.5. The number of carbonyl (C=O) groups is 1. The van der Waals surface area contributed by atoms with Gasteiger partial charge in [-0.05, 0) is 31.9 Å². The van der Waals surface area contributed by atoms with E-state index in [4.69, 9.17) is 4.74 Å². The van der Waals surface area contributed by atoms with Gasteiger partial charge in [0.05, 0.1) is 20.2 Å². The molecule has 2 aliphatic heterocycles. The Hall–Kier alpha value is -1.55. The molecule has 3 nitrogen and oxygen atoms in total. The van der Waals surface area contributed by atoms with E-state index in [1.165, 1.54) is 11.1 Å². The molecule has 1 amide bonds. The van der Waals surface area contributed by atoms with Gasteiger partial charge in [-0.3, -0.25) is 4.90 Å². The van der Waals surface area contributed by atoms with Crippen LogP contribution < -0.4 is 0 Å². The summed E-state index contributed by atoms with van der Waals surface area (Å²) in [7, 11) is -1.35. The fraction of sp³-hybridized carbons (Fsp3) is 0.550. The lowest BCUT2D eigenvalue weighted by Crippen LogP contribution is -2.41. The van der Waals surface area contributed by atoms with Crippen molar-refractivity contribution in [3.63, 3.8) is 0 Å². The van der Waals surface area contributed by atoms with E-state index in [0.717, 1.165) is 0 Å². The van der Waals surface area contributed by atoms with Crippen LogP contribution in [0.5, 0.6) is 0 Å². The fourth-order valence-corrected chi connectivity index (χ4v) is 6.80. The molecule has 4 rings (SSSR count). The van der Waals surface area contributed by atoms with E-state index >= 15 is 0 Å². The number of hydrogen-bond acceptors (Lipinski definition) is 2. The second kappa shape index (κ2) is 4.75. The molecule has 2 bridgehead atoms. The van der Waals surface area contributed by atoms with Gasteiger partial charge in [-0.1, -0.05) is 55.2 Å². The third-order valence-corrected chi connectivity index (χ3v) is 7.79. The van der Waals surface area contributed by atoms with Crippen LogP contribution in [0.15, 0.2) is 35.5 Å². The van der Waals surface area contributed by atoms with E-state index in [0.29, 0.717) is 11.8 Å². The van der Waals surface area contributed by atoms with Crippen molar-refractivity contribution in [2.45, 2.75) is 58.1 Å². The molecule has 1 saturated heterocycles. The third-order valence-electron chi connectivity index (χ3n) is 5.55. The van der Waals surface area contributed by atoms with E-state index in [-0.39, 0.29) is 18.2 Å². The van der Waals surface area contributed by atoms with Crippen molar-refractivity contribution in [2.24, 2.45) is 11.8 Å². The summed E-state index contributed by atoms with van der Waals surface area (Å²) in [5.41, 5.74) is 2.19. The maximum absolute atomic E-state index is 13.0. The molecular weight excluding hydrogens is 314 g/mol. The molecule has 3 aliphatic rings. The van der Waals surface area contributed by atoms with Crippen LogP contribution in [-0.4, -0.2) is 24.7 Å². The quantitative estimate of drug-likeness (QED) is 0.666. The SMILES string of the molecule is CC(C)(C)OC(=O)N1C2c3ccccc3C1C1C([Si](C)(C)C)=CC12. The molecule has 1 aromatic carbocycles. The van der Waals surface area contributed by atoms with Crippen molar-refractivity contribution in [1.29, 1.82) is 0 Å². The van der Waals surface area contributed by atoms with E-state index in [2.05, 4.69) is 50.0 Å². The molecule has 0 aromatic heterocycles. The van der Waals surface area contributed by atoms with Crippen molar-refractivity contribution in [3.8, 4) is 0 Å². The standard InChI is InChI=1S/C20H27NO2Si/c1-20(2,3)23-19(22)21-17-12-9-7-8-10-13(12)18(21)16-14(17)11-15(16)24(4,5)6/h7-11,14,16-18H,1-6H3. The Morgan fingerprint density at radius 2 is 1.67 bits per heavy atom. The Morgan fingerprint density at radius 3 is 2.21 bits per heavy atom. The minimum absolute atomic E-state index is 0.158. The van der Waals surface area contributed by atoms with Gasteiger partial charge in [0.1, 0.15) is 5.60 Å². The summed E-state index contributed by atoms with van der Waals surface area (Å²) in [6, 6.07) is 8.90. The van der Waals surface area contributed by atoms with Crippen LogP contribution >= 0.6 is 0 Å². The zero-order valence-corrected chi connectivity index (χ0v) is 16.5. The molecule has 0 radical (unpaired) electrons. The number of ether oxygens (including phenoxy) is 1. The molecule has 0 N–H and O–H groups in total. The van der Waals surface area contributed by atoms with Gasteiger partial charge in [0.2, 0.25) is 0 Å². The summed E-state index contributed by atoms with van der Waals surface area (Å²) in [4.78, 5) is 15.0. The first kappa shape index (κ1) is 15.9. The molecule has 24 heavy (non-hydrogen) atoms. The highest BCUT2D eigenvalue weighted by atomic mass is 28.3. The van der Waals surface area contributed by atoms with Gasteiger partial charge in [0, 0.05) is 11.8 Å². The maximum Gasteiger partial charge on any atom is 0.411 e. The van der Waals surface area contributed by atoms with Crippen molar-refractivity contribution in [3.05, 3.63) is 46.7 Å². The molecule has 1 fully saturated rings. The lowest BCUT2D eigenvalue weighted by atomic mass is 9.69. The number of benzene rings is 1. The molecule has 0 spiro atoms. The van der Waals surface area contributed by atoms with Gasteiger partial charge in [0.15, 0.2) is 0 Å². The van der Waals surface area contributed by atoms with E-state index in [1.54, 1.807) is 5.20 Å². The predicted molar refractivity (Wildman–Crippen MR) is 98.4 cm³/mol. The highest BCUT2D eigenvalue weighted by Gasteiger charge is 2.63. The largest absolute Gasteiger partial charge is 0.444 e. The molecule has 4 heteroatoms. The summed E-state index contributed by atoms with van der Waals surface area (Å²) in [6.07, 6.45) is 2.31. The molecular formula is C20H27NO2Si. The van der Waals surface area contributed by atoms with Gasteiger partial charge in [-0.15, -0.1) is 0 Å². The molecule has 128 valence electrons. The van der Waals surface area contributed by atoms with Gasteiger partial charge in [0.25, 0.3) is 0 Å². The topological polar surface area (TPSA) is 29.5 Å². The maximum atomic E-state index is 13.0. The number of fused-ring (bicyclic) bond motifs is 8. The van der Waals surface area contributed by atoms with Crippen LogP contribution in [0.4, 0.5) is 4.79 Å². The highest BCUT2D eigenvalue weighted by Crippen LogP contribution is 2.66. The molecule has 0 saturated carbocycles. The lowest BCUT2D eigenvalue weighted by molar-refractivity contribution is 0.0165. The Kier molecular flexibility index (Phi) is 3.16. The van der Waals surface area contributed by atoms with Crippen molar-refractivity contribution in [2.75, 3.05) is 0 Å². The zero-order valence-electron chi connectivity index (χ0n) is 15.5. The van der Waals surface area contributed by atoms with Gasteiger partial charge < -0.3 is 4.74 Å². The minimum Gasteiger partial charge on any atom is -0.444 e. The van der Waals surface area contributed by atoms with Gasteiger partial charge >= 0.3 is 6.09 Å². The third kappa shape index (κ3) is 2.12. The fourth-order valence-electron chi connectivity index (χ4n) is 4.75. The number of amides is 1. The molecule has 1 aliphatic carbocycles. The summed E-state index contributed by atoms with van der Waals surface area (Å²) >= 11 is 0. The molecule has 4 atom stereocenters. The molecule has 4 unspecified atom stereocenters. The van der Waals surface area contributed by atoms with Gasteiger partial charge in [-0.25, -0.2) is 4.79 Å². The average Bonchev–Trinajstić information content (AvgIpc) is 2.82. The van der Waals surface area contributed by atoms with Crippen LogP contribution in [0.2, 0.25) is 19.6 Å². The number of rotatable bonds is 1. The summed E-state index contributed by atoms with van der Waals surface area (Å²) < 4.78 is 5.75. The van der Waals surface area contributed by atoms with Crippen LogP contribution in [0, 0.1) is 11.8 Å². The van der Waals surface area contributed by atoms with Crippen LogP contribution in [0.3, 0.4) is 0 Å². The van der Waals surface area contributed by atoms with Gasteiger partial charge in [-0.2, -0.15) is 0 Å². The lowest BCUT2D eigenvalue weighted by Gasteiger charge is -2.43. The second-order valence-electron chi connectivity index (χ2n) is 9.38. The van der Waals surface area contributed by atoms with Crippen molar-refractivity contribution >= 4 is 14.2 Å². The normalized spacial score (nSPS) is 30.4. The van der Waals surface area contributed by atoms with E-state index in [9.17, 15) is 4.79 Å². The van der Waals surface area contributed by atoms with Crippen molar-refractivity contribution in [1.82, 2.24) is 4.90 Å². The van der Waals surface area contributed by atoms with E-state index < -0.39 is 13.7 Å². The zero-order chi connectivity index (χ0) is 17.4. The number of nitrogens with zero attached hydrogens (tertiary/aromatic N) is 1. The monoisotopic (exact) mass is 341 g/mol. The summed E-state index contributed by atoms with van der Waals surface area (Å²) in [5.74, 6) is 0.975. The Balaban J connectivity index is 1.74. The summed E-state index contributed by atoms with van der Waals surface area (Å²) in [5, 5.41) is 1.63.